The van der Waals surface area contributed by atoms with E-state index in [1.54, 1.807) is 18.2 Å². The number of quaternary nitrogens is 1. The maximum absolute atomic E-state index is 12.3. The average molecular weight is 330 g/mol. The molecule has 116 valence electrons. The van der Waals surface area contributed by atoms with E-state index in [4.69, 9.17) is 23.2 Å². The van der Waals surface area contributed by atoms with E-state index >= 15 is 0 Å². The summed E-state index contributed by atoms with van der Waals surface area (Å²) < 4.78 is 0. The third-order valence-electron chi connectivity index (χ3n) is 4.32. The summed E-state index contributed by atoms with van der Waals surface area (Å²) >= 11 is 11.9. The molecular formula is C16H23Cl2N2O+. The molecule has 0 aliphatic heterocycles. The summed E-state index contributed by atoms with van der Waals surface area (Å²) in [4.78, 5) is 12.3. The number of carbonyl (C=O) groups is 1. The maximum Gasteiger partial charge on any atom is 0.282 e. The summed E-state index contributed by atoms with van der Waals surface area (Å²) in [5.41, 5.74) is 0.614. The quantitative estimate of drug-likeness (QED) is 0.872. The highest BCUT2D eigenvalue weighted by atomic mass is 35.5. The number of rotatable bonds is 4. The molecule has 0 spiro atoms. The minimum Gasteiger partial charge on any atom is -0.334 e. The lowest BCUT2D eigenvalue weighted by Crippen LogP contribution is -2.97. The monoisotopic (exact) mass is 329 g/mol. The summed E-state index contributed by atoms with van der Waals surface area (Å²) in [6, 6.07) is 5.51. The fourth-order valence-corrected chi connectivity index (χ4v) is 3.38. The van der Waals surface area contributed by atoms with Crippen LogP contribution in [0.4, 0.5) is 5.69 Å². The SMILES string of the molecule is C[C@H]([NH2+][C@@H]1CCCC[C@@H]1C)C(=O)Nc1ccc(Cl)cc1Cl. The largest absolute Gasteiger partial charge is 0.334 e. The number of hydrogen-bond donors (Lipinski definition) is 2. The molecule has 1 aliphatic carbocycles. The van der Waals surface area contributed by atoms with Gasteiger partial charge in [-0.1, -0.05) is 36.5 Å². The topological polar surface area (TPSA) is 45.7 Å². The standard InChI is InChI=1S/C16H22Cl2N2O/c1-10-5-3-4-6-14(10)19-11(2)16(21)20-15-8-7-12(17)9-13(15)18/h7-11,14,19H,3-6H2,1-2H3,(H,20,21)/p+1/t10-,11-,14+/m0/s1. The van der Waals surface area contributed by atoms with Crippen molar-refractivity contribution < 1.29 is 10.1 Å². The third-order valence-corrected chi connectivity index (χ3v) is 4.86. The van der Waals surface area contributed by atoms with Crippen molar-refractivity contribution in [2.24, 2.45) is 5.92 Å². The Morgan fingerprint density at radius 1 is 1.33 bits per heavy atom. The van der Waals surface area contributed by atoms with Crippen LogP contribution in [0.1, 0.15) is 39.5 Å². The van der Waals surface area contributed by atoms with Crippen molar-refractivity contribution in [1.29, 1.82) is 0 Å². The van der Waals surface area contributed by atoms with Crippen molar-refractivity contribution in [2.75, 3.05) is 5.32 Å². The number of nitrogens with two attached hydrogens (primary N) is 1. The molecule has 5 heteroatoms. The van der Waals surface area contributed by atoms with Gasteiger partial charge in [-0.15, -0.1) is 0 Å². The molecule has 0 unspecified atom stereocenters. The van der Waals surface area contributed by atoms with Gasteiger partial charge < -0.3 is 10.6 Å². The van der Waals surface area contributed by atoms with Crippen LogP contribution in [0.15, 0.2) is 18.2 Å². The van der Waals surface area contributed by atoms with Gasteiger partial charge in [0.25, 0.3) is 5.91 Å². The first kappa shape index (κ1) is 16.6. The minimum absolute atomic E-state index is 0.0167. The van der Waals surface area contributed by atoms with E-state index in [0.717, 1.165) is 0 Å². The highest BCUT2D eigenvalue weighted by Crippen LogP contribution is 2.25. The molecule has 0 saturated heterocycles. The molecule has 3 N–H and O–H groups in total. The zero-order chi connectivity index (χ0) is 15.4. The molecule has 0 radical (unpaired) electrons. The van der Waals surface area contributed by atoms with Crippen molar-refractivity contribution in [2.45, 2.75) is 51.6 Å². The van der Waals surface area contributed by atoms with Crippen molar-refractivity contribution in [1.82, 2.24) is 0 Å². The first-order valence-corrected chi connectivity index (χ1v) is 8.34. The van der Waals surface area contributed by atoms with Crippen LogP contribution in [0.25, 0.3) is 0 Å². The number of hydrogen-bond acceptors (Lipinski definition) is 1. The molecular weight excluding hydrogens is 307 g/mol. The highest BCUT2D eigenvalue weighted by molar-refractivity contribution is 6.36. The predicted octanol–water partition coefficient (Wildman–Crippen LogP) is 3.46. The molecule has 21 heavy (non-hydrogen) atoms. The molecule has 1 aromatic carbocycles. The van der Waals surface area contributed by atoms with E-state index in [-0.39, 0.29) is 11.9 Å². The lowest BCUT2D eigenvalue weighted by Gasteiger charge is -2.28. The summed E-state index contributed by atoms with van der Waals surface area (Å²) in [6.45, 7) is 4.22. The van der Waals surface area contributed by atoms with Gasteiger partial charge in [0, 0.05) is 10.9 Å². The molecule has 1 fully saturated rings. The van der Waals surface area contributed by atoms with Crippen LogP contribution in [-0.2, 0) is 4.79 Å². The van der Waals surface area contributed by atoms with Crippen molar-refractivity contribution in [3.8, 4) is 0 Å². The van der Waals surface area contributed by atoms with Crippen LogP contribution in [0, 0.1) is 5.92 Å². The van der Waals surface area contributed by atoms with Crippen LogP contribution >= 0.6 is 23.2 Å². The van der Waals surface area contributed by atoms with Gasteiger partial charge in [0.1, 0.15) is 0 Å². The fraction of sp³-hybridized carbons (Fsp3) is 0.562. The zero-order valence-electron chi connectivity index (χ0n) is 12.5. The molecule has 1 amide bonds. The van der Waals surface area contributed by atoms with Gasteiger partial charge >= 0.3 is 0 Å². The van der Waals surface area contributed by atoms with Crippen molar-refractivity contribution in [3.63, 3.8) is 0 Å². The summed E-state index contributed by atoms with van der Waals surface area (Å²) in [7, 11) is 0. The molecule has 2 rings (SSSR count). The zero-order valence-corrected chi connectivity index (χ0v) is 14.0. The Morgan fingerprint density at radius 2 is 2.05 bits per heavy atom. The van der Waals surface area contributed by atoms with Gasteiger partial charge in [0.15, 0.2) is 6.04 Å². The predicted molar refractivity (Wildman–Crippen MR) is 87.9 cm³/mol. The van der Waals surface area contributed by atoms with E-state index in [1.165, 1.54) is 25.7 Å². The van der Waals surface area contributed by atoms with E-state index < -0.39 is 0 Å². The number of nitrogens with one attached hydrogen (secondary N) is 1. The molecule has 3 nitrogen and oxygen atoms in total. The smallest absolute Gasteiger partial charge is 0.282 e. The molecule has 0 aromatic heterocycles. The van der Waals surface area contributed by atoms with Crippen molar-refractivity contribution in [3.05, 3.63) is 28.2 Å². The van der Waals surface area contributed by atoms with E-state index in [1.807, 2.05) is 6.92 Å². The second-order valence-corrected chi connectivity index (χ2v) is 6.86. The highest BCUT2D eigenvalue weighted by Gasteiger charge is 2.28. The van der Waals surface area contributed by atoms with E-state index in [2.05, 4.69) is 17.6 Å². The summed E-state index contributed by atoms with van der Waals surface area (Å²) in [5, 5.41) is 6.11. The Hall–Kier alpha value is -0.770. The van der Waals surface area contributed by atoms with Gasteiger partial charge in [0.05, 0.1) is 16.8 Å². The molecule has 1 aliphatic rings. The van der Waals surface area contributed by atoms with Gasteiger partial charge in [-0.25, -0.2) is 0 Å². The average Bonchev–Trinajstić information content (AvgIpc) is 2.44. The Labute approximate surface area is 136 Å². The van der Waals surface area contributed by atoms with Gasteiger partial charge in [-0.05, 0) is 44.4 Å². The van der Waals surface area contributed by atoms with Gasteiger partial charge in [0.2, 0.25) is 0 Å². The first-order valence-electron chi connectivity index (χ1n) is 7.58. The molecule has 3 atom stereocenters. The molecule has 1 saturated carbocycles. The number of anilines is 1. The van der Waals surface area contributed by atoms with E-state index in [0.29, 0.717) is 27.7 Å². The number of amides is 1. The minimum atomic E-state index is -0.123. The van der Waals surface area contributed by atoms with Gasteiger partial charge in [-0.3, -0.25) is 4.79 Å². The van der Waals surface area contributed by atoms with Crippen LogP contribution in [0.2, 0.25) is 10.0 Å². The van der Waals surface area contributed by atoms with Gasteiger partial charge in [-0.2, -0.15) is 0 Å². The third kappa shape index (κ3) is 4.60. The summed E-state index contributed by atoms with van der Waals surface area (Å²) in [6.07, 6.45) is 5.04. The maximum atomic E-state index is 12.3. The molecule has 0 heterocycles. The first-order chi connectivity index (χ1) is 9.97. The lowest BCUT2D eigenvalue weighted by molar-refractivity contribution is -0.714. The lowest BCUT2D eigenvalue weighted by atomic mass is 9.85. The van der Waals surface area contributed by atoms with Crippen LogP contribution in [-0.4, -0.2) is 18.0 Å². The Kier molecular flexibility index (Phi) is 5.91. The summed E-state index contributed by atoms with van der Waals surface area (Å²) in [5.74, 6) is 0.658. The molecule has 1 aromatic rings. The Balaban J connectivity index is 1.92. The fourth-order valence-electron chi connectivity index (χ4n) is 2.93. The van der Waals surface area contributed by atoms with Crippen LogP contribution < -0.4 is 10.6 Å². The Morgan fingerprint density at radius 3 is 2.71 bits per heavy atom. The van der Waals surface area contributed by atoms with Crippen LogP contribution in [0.3, 0.4) is 0 Å². The number of halogens is 2. The molecule has 0 bridgehead atoms. The number of benzene rings is 1. The van der Waals surface area contributed by atoms with Crippen LogP contribution in [0.5, 0.6) is 0 Å². The second kappa shape index (κ2) is 7.48. The second-order valence-electron chi connectivity index (χ2n) is 6.02. The van der Waals surface area contributed by atoms with Crippen molar-refractivity contribution >= 4 is 34.8 Å². The normalized spacial score (nSPS) is 23.6. The number of carbonyl (C=O) groups excluding carboxylic acids is 1. The Bertz CT molecular complexity index is 507. The van der Waals surface area contributed by atoms with E-state index in [9.17, 15) is 4.79 Å².